The summed E-state index contributed by atoms with van der Waals surface area (Å²) in [5.41, 5.74) is 0.764. The smallest absolute Gasteiger partial charge is 0.328 e. The molecule has 1 aliphatic rings. The number of benzene rings is 1. The lowest BCUT2D eigenvalue weighted by atomic mass is 9.83. The zero-order valence-electron chi connectivity index (χ0n) is 13.8. The second-order valence-electron chi connectivity index (χ2n) is 5.93. The van der Waals surface area contributed by atoms with Crippen LogP contribution in [-0.2, 0) is 19.1 Å². The van der Waals surface area contributed by atoms with Gasteiger partial charge < -0.3 is 14.8 Å². The number of amides is 1. The highest BCUT2D eigenvalue weighted by molar-refractivity contribution is 5.87. The first-order valence-electron chi connectivity index (χ1n) is 8.13. The predicted molar refractivity (Wildman–Crippen MR) is 86.7 cm³/mol. The summed E-state index contributed by atoms with van der Waals surface area (Å²) >= 11 is 0. The quantitative estimate of drug-likeness (QED) is 0.819. The molecule has 23 heavy (non-hydrogen) atoms. The predicted octanol–water partition coefficient (Wildman–Crippen LogP) is 2.61. The Morgan fingerprint density at radius 3 is 2.30 bits per heavy atom. The van der Waals surface area contributed by atoms with Gasteiger partial charge in [-0.15, -0.1) is 0 Å². The molecule has 1 saturated carbocycles. The summed E-state index contributed by atoms with van der Waals surface area (Å²) in [5.74, 6) is -0.554. The Morgan fingerprint density at radius 2 is 1.74 bits per heavy atom. The van der Waals surface area contributed by atoms with E-state index in [4.69, 9.17) is 9.47 Å². The molecule has 1 fully saturated rings. The van der Waals surface area contributed by atoms with Gasteiger partial charge in [0.05, 0.1) is 7.11 Å². The summed E-state index contributed by atoms with van der Waals surface area (Å²) in [4.78, 5) is 24.7. The van der Waals surface area contributed by atoms with Gasteiger partial charge in [0.1, 0.15) is 6.04 Å². The van der Waals surface area contributed by atoms with Gasteiger partial charge in [-0.3, -0.25) is 4.79 Å². The van der Waals surface area contributed by atoms with Crippen molar-refractivity contribution < 1.29 is 19.1 Å². The van der Waals surface area contributed by atoms with Crippen LogP contribution in [-0.4, -0.2) is 32.1 Å². The number of nitrogens with one attached hydrogen (secondary N) is 1. The SMILES string of the molecule is COC(=O)[C@H](NC(=O)[C@@H](OC)c1ccccc1)C1CCCCC1. The van der Waals surface area contributed by atoms with Crippen LogP contribution in [0.4, 0.5) is 0 Å². The molecule has 1 aromatic rings. The van der Waals surface area contributed by atoms with Crippen molar-refractivity contribution in [2.24, 2.45) is 5.92 Å². The molecule has 0 aromatic heterocycles. The third-order valence-electron chi connectivity index (χ3n) is 4.45. The van der Waals surface area contributed by atoms with Crippen molar-refractivity contribution in [2.75, 3.05) is 14.2 Å². The molecule has 1 aliphatic carbocycles. The summed E-state index contributed by atoms with van der Waals surface area (Å²) in [5, 5.41) is 2.85. The second-order valence-corrected chi connectivity index (χ2v) is 5.93. The lowest BCUT2D eigenvalue weighted by Gasteiger charge is -2.30. The lowest BCUT2D eigenvalue weighted by Crippen LogP contribution is -2.48. The number of hydrogen-bond donors (Lipinski definition) is 1. The highest BCUT2D eigenvalue weighted by atomic mass is 16.5. The first kappa shape index (κ1) is 17.5. The van der Waals surface area contributed by atoms with E-state index in [0.29, 0.717) is 0 Å². The van der Waals surface area contributed by atoms with Crippen LogP contribution < -0.4 is 5.32 Å². The molecule has 126 valence electrons. The maximum absolute atomic E-state index is 12.6. The van der Waals surface area contributed by atoms with Crippen molar-refractivity contribution in [2.45, 2.75) is 44.2 Å². The number of rotatable bonds is 6. The van der Waals surface area contributed by atoms with Crippen LogP contribution in [0.3, 0.4) is 0 Å². The molecule has 0 heterocycles. The fourth-order valence-corrected chi connectivity index (χ4v) is 3.21. The minimum Gasteiger partial charge on any atom is -0.467 e. The molecule has 1 amide bonds. The van der Waals surface area contributed by atoms with Crippen molar-refractivity contribution in [1.82, 2.24) is 5.32 Å². The number of carbonyl (C=O) groups excluding carboxylic acids is 2. The molecule has 2 atom stereocenters. The molecule has 1 aromatic carbocycles. The molecule has 0 unspecified atom stereocenters. The van der Waals surface area contributed by atoms with Crippen LogP contribution in [0.15, 0.2) is 30.3 Å². The first-order chi connectivity index (χ1) is 11.2. The molecule has 0 saturated heterocycles. The van der Waals surface area contributed by atoms with Gasteiger partial charge in [-0.05, 0) is 24.3 Å². The van der Waals surface area contributed by atoms with Crippen molar-refractivity contribution in [3.8, 4) is 0 Å². The molecule has 1 N–H and O–H groups in total. The van der Waals surface area contributed by atoms with Gasteiger partial charge in [-0.2, -0.15) is 0 Å². The third kappa shape index (κ3) is 4.55. The Bertz CT molecular complexity index is 511. The monoisotopic (exact) mass is 319 g/mol. The van der Waals surface area contributed by atoms with E-state index in [9.17, 15) is 9.59 Å². The summed E-state index contributed by atoms with van der Waals surface area (Å²) in [6, 6.07) is 8.66. The Hall–Kier alpha value is -1.88. The van der Waals surface area contributed by atoms with Crippen molar-refractivity contribution >= 4 is 11.9 Å². The van der Waals surface area contributed by atoms with Gasteiger partial charge in [-0.1, -0.05) is 49.6 Å². The van der Waals surface area contributed by atoms with Crippen LogP contribution in [0.25, 0.3) is 0 Å². The molecule has 2 rings (SSSR count). The molecule has 0 aliphatic heterocycles. The van der Waals surface area contributed by atoms with E-state index in [-0.39, 0.29) is 17.8 Å². The van der Waals surface area contributed by atoms with Crippen LogP contribution in [0.5, 0.6) is 0 Å². The van der Waals surface area contributed by atoms with Crippen LogP contribution in [0, 0.1) is 5.92 Å². The van der Waals surface area contributed by atoms with Gasteiger partial charge in [0, 0.05) is 7.11 Å². The zero-order chi connectivity index (χ0) is 16.7. The standard InChI is InChI=1S/C18H25NO4/c1-22-16(14-11-7-4-8-12-14)17(20)19-15(18(21)23-2)13-9-5-3-6-10-13/h4,7-8,11-13,15-16H,3,5-6,9-10H2,1-2H3,(H,19,20)/t15-,16+/m1/s1. The molecule has 5 nitrogen and oxygen atoms in total. The average molecular weight is 319 g/mol. The molecular weight excluding hydrogens is 294 g/mol. The minimum absolute atomic E-state index is 0.133. The van der Waals surface area contributed by atoms with Gasteiger partial charge in [0.15, 0.2) is 6.10 Å². The minimum atomic E-state index is -0.730. The summed E-state index contributed by atoms with van der Waals surface area (Å²) in [6.07, 6.45) is 4.49. The highest BCUT2D eigenvalue weighted by Crippen LogP contribution is 2.27. The van der Waals surface area contributed by atoms with E-state index in [1.165, 1.54) is 20.6 Å². The molecule has 0 radical (unpaired) electrons. The van der Waals surface area contributed by atoms with Crippen LogP contribution >= 0.6 is 0 Å². The Morgan fingerprint density at radius 1 is 1.09 bits per heavy atom. The molecular formula is C18H25NO4. The summed E-state index contributed by atoms with van der Waals surface area (Å²) in [7, 11) is 2.85. The van der Waals surface area contributed by atoms with Crippen molar-refractivity contribution in [3.63, 3.8) is 0 Å². The highest BCUT2D eigenvalue weighted by Gasteiger charge is 2.33. The number of carbonyl (C=O) groups is 2. The van der Waals surface area contributed by atoms with Gasteiger partial charge in [0.2, 0.25) is 0 Å². The van der Waals surface area contributed by atoms with E-state index in [1.54, 1.807) is 0 Å². The Balaban J connectivity index is 2.10. The maximum Gasteiger partial charge on any atom is 0.328 e. The topological polar surface area (TPSA) is 64.6 Å². The number of methoxy groups -OCH3 is 2. The van der Waals surface area contributed by atoms with E-state index in [1.807, 2.05) is 30.3 Å². The summed E-state index contributed by atoms with van der Waals surface area (Å²) < 4.78 is 10.2. The first-order valence-corrected chi connectivity index (χ1v) is 8.13. The van der Waals surface area contributed by atoms with Gasteiger partial charge in [-0.25, -0.2) is 4.79 Å². The summed E-state index contributed by atoms with van der Waals surface area (Å²) in [6.45, 7) is 0. The fourth-order valence-electron chi connectivity index (χ4n) is 3.21. The van der Waals surface area contributed by atoms with Crippen LogP contribution in [0.2, 0.25) is 0 Å². The fraction of sp³-hybridized carbons (Fsp3) is 0.556. The number of ether oxygens (including phenoxy) is 2. The third-order valence-corrected chi connectivity index (χ3v) is 4.45. The maximum atomic E-state index is 12.6. The van der Waals surface area contributed by atoms with E-state index < -0.39 is 12.1 Å². The number of esters is 1. The largest absolute Gasteiger partial charge is 0.467 e. The number of hydrogen-bond acceptors (Lipinski definition) is 4. The molecule has 5 heteroatoms. The van der Waals surface area contributed by atoms with Gasteiger partial charge in [0.25, 0.3) is 5.91 Å². The van der Waals surface area contributed by atoms with Crippen molar-refractivity contribution in [3.05, 3.63) is 35.9 Å². The van der Waals surface area contributed by atoms with E-state index in [0.717, 1.165) is 31.2 Å². The molecule has 0 bridgehead atoms. The second kappa shape index (κ2) is 8.67. The Kier molecular flexibility index (Phi) is 6.59. The normalized spacial score (nSPS) is 18.0. The van der Waals surface area contributed by atoms with Crippen LogP contribution in [0.1, 0.15) is 43.8 Å². The Labute approximate surface area is 137 Å². The van der Waals surface area contributed by atoms with Crippen molar-refractivity contribution in [1.29, 1.82) is 0 Å². The average Bonchev–Trinajstić information content (AvgIpc) is 2.61. The zero-order valence-corrected chi connectivity index (χ0v) is 13.8. The lowest BCUT2D eigenvalue weighted by molar-refractivity contribution is -0.148. The molecule has 0 spiro atoms. The van der Waals surface area contributed by atoms with E-state index >= 15 is 0 Å². The van der Waals surface area contributed by atoms with E-state index in [2.05, 4.69) is 5.32 Å². The van der Waals surface area contributed by atoms with Gasteiger partial charge >= 0.3 is 5.97 Å².